The summed E-state index contributed by atoms with van der Waals surface area (Å²) in [4.78, 5) is 67.6. The van der Waals surface area contributed by atoms with Gasteiger partial charge in [-0.05, 0) is 55.7 Å². The van der Waals surface area contributed by atoms with E-state index < -0.39 is 52.0 Å². The standard InChI is InChI=1S/C31H33N5O11S/c1-17(37)24-25-27(45-3)28(26(34(25)29(24)38)30(39)46-15-19-4-8-21(9-5-19)35(41)42)48-23-12-13-33(14-23)18(2)32-31(40)47-16-20-6-10-22(11-7-20)36(43)44/h4-11,17,23-25,27,37H,12-16H2,1-3H3/t17?,23?,24?,25-,27?/m0/s1. The fraction of sp³-hybridized carbons (Fsp3) is 0.419. The van der Waals surface area contributed by atoms with Crippen molar-refractivity contribution < 1.29 is 43.5 Å². The lowest BCUT2D eigenvalue weighted by molar-refractivity contribution is -0.385. The van der Waals surface area contributed by atoms with Gasteiger partial charge in [-0.2, -0.15) is 4.99 Å². The van der Waals surface area contributed by atoms with E-state index in [2.05, 4.69) is 4.99 Å². The first-order valence-electron chi connectivity index (χ1n) is 14.9. The van der Waals surface area contributed by atoms with Gasteiger partial charge in [-0.25, -0.2) is 9.59 Å². The molecule has 0 spiro atoms. The number of amides is 2. The number of carbonyl (C=O) groups excluding carboxylic acids is 3. The third-order valence-corrected chi connectivity index (χ3v) is 9.77. The number of methoxy groups -OCH3 is 1. The number of thioether (sulfide) groups is 1. The summed E-state index contributed by atoms with van der Waals surface area (Å²) in [5.74, 6) is -1.53. The monoisotopic (exact) mass is 683 g/mol. The lowest BCUT2D eigenvalue weighted by atomic mass is 9.82. The number of aliphatic hydroxyl groups is 1. The molecule has 3 aliphatic heterocycles. The maximum atomic E-state index is 13.5. The normalized spacial score (nSPS) is 22.7. The summed E-state index contributed by atoms with van der Waals surface area (Å²) in [5, 5.41) is 32.1. The van der Waals surface area contributed by atoms with Gasteiger partial charge in [-0.1, -0.05) is 0 Å². The SMILES string of the molecule is COC1C(SC2CCN(C(C)=NC(=O)OCc3ccc([N+](=O)[O-])cc3)C2)=C(C(=O)OCc2ccc([N+](=O)[O-])cc2)N2C(=O)C(C(C)O)[C@@H]12. The van der Waals surface area contributed by atoms with Crippen molar-refractivity contribution in [1.29, 1.82) is 0 Å². The first-order valence-corrected chi connectivity index (χ1v) is 15.8. The van der Waals surface area contributed by atoms with Gasteiger partial charge in [0.2, 0.25) is 5.91 Å². The molecule has 48 heavy (non-hydrogen) atoms. The minimum atomic E-state index is -0.973. The van der Waals surface area contributed by atoms with Crippen LogP contribution in [0.15, 0.2) is 64.1 Å². The number of esters is 1. The highest BCUT2D eigenvalue weighted by atomic mass is 32.2. The highest BCUT2D eigenvalue weighted by Crippen LogP contribution is 2.50. The van der Waals surface area contributed by atoms with Gasteiger partial charge in [0.25, 0.3) is 11.4 Å². The molecule has 3 aliphatic rings. The molecule has 0 saturated carbocycles. The molecule has 4 unspecified atom stereocenters. The quantitative estimate of drug-likeness (QED) is 0.0900. The van der Waals surface area contributed by atoms with Crippen molar-refractivity contribution in [2.45, 2.75) is 57.0 Å². The third kappa shape index (κ3) is 7.17. The number of aliphatic hydroxyl groups excluding tert-OH is 1. The molecule has 254 valence electrons. The summed E-state index contributed by atoms with van der Waals surface area (Å²) in [7, 11) is 1.47. The predicted molar refractivity (Wildman–Crippen MR) is 170 cm³/mol. The lowest BCUT2D eigenvalue weighted by Crippen LogP contribution is -2.65. The summed E-state index contributed by atoms with van der Waals surface area (Å²) in [5.41, 5.74) is 0.953. The predicted octanol–water partition coefficient (Wildman–Crippen LogP) is 3.56. The summed E-state index contributed by atoms with van der Waals surface area (Å²) in [6.07, 6.45) is -1.82. The molecule has 2 aromatic rings. The van der Waals surface area contributed by atoms with Crippen molar-refractivity contribution in [2.24, 2.45) is 10.9 Å². The van der Waals surface area contributed by atoms with Gasteiger partial charge in [0.05, 0.1) is 27.9 Å². The molecule has 0 radical (unpaired) electrons. The number of amidine groups is 1. The van der Waals surface area contributed by atoms with E-state index in [0.717, 1.165) is 0 Å². The molecule has 0 aliphatic carbocycles. The number of hydrogen-bond acceptors (Lipinski definition) is 12. The highest BCUT2D eigenvalue weighted by Gasteiger charge is 2.62. The molecule has 5 atom stereocenters. The van der Waals surface area contributed by atoms with E-state index in [-0.39, 0.29) is 35.5 Å². The molecule has 17 heteroatoms. The number of aliphatic imine (C=N–C) groups is 1. The number of β-lactam (4-membered cyclic amide) rings is 1. The zero-order valence-corrected chi connectivity index (χ0v) is 27.0. The van der Waals surface area contributed by atoms with Gasteiger partial charge in [0, 0.05) is 54.6 Å². The second kappa shape index (κ2) is 14.5. The number of carbonyl (C=O) groups is 3. The molecule has 3 heterocycles. The van der Waals surface area contributed by atoms with Crippen LogP contribution in [0.25, 0.3) is 0 Å². The summed E-state index contributed by atoms with van der Waals surface area (Å²) in [6, 6.07) is 10.6. The molecule has 2 saturated heterocycles. The molecule has 5 rings (SSSR count). The van der Waals surface area contributed by atoms with Crippen molar-refractivity contribution in [3.05, 3.63) is 90.5 Å². The number of non-ortho nitro benzene ring substituents is 2. The van der Waals surface area contributed by atoms with Gasteiger partial charge in [-0.3, -0.25) is 29.9 Å². The number of nitro benzene ring substituents is 2. The molecule has 16 nitrogen and oxygen atoms in total. The molecule has 0 bridgehead atoms. The number of fused-ring (bicyclic) bond motifs is 1. The van der Waals surface area contributed by atoms with E-state index in [4.69, 9.17) is 14.2 Å². The Morgan fingerprint density at radius 3 is 2.10 bits per heavy atom. The second-order valence-electron chi connectivity index (χ2n) is 11.4. The number of nitro groups is 2. The number of ether oxygens (including phenoxy) is 3. The van der Waals surface area contributed by atoms with E-state index in [1.54, 1.807) is 6.92 Å². The Labute approximate surface area is 278 Å². The smallest absolute Gasteiger partial charge is 0.435 e. The van der Waals surface area contributed by atoms with Gasteiger partial charge in [-0.15, -0.1) is 11.8 Å². The van der Waals surface area contributed by atoms with Crippen molar-refractivity contribution in [3.63, 3.8) is 0 Å². The largest absolute Gasteiger partial charge is 0.456 e. The number of hydrogen-bond donors (Lipinski definition) is 1. The number of rotatable bonds is 11. The van der Waals surface area contributed by atoms with Crippen LogP contribution in [0.2, 0.25) is 0 Å². The molecular formula is C31H33N5O11S. The Hall–Kier alpha value is -4.87. The maximum absolute atomic E-state index is 13.5. The van der Waals surface area contributed by atoms with Gasteiger partial charge in [0.15, 0.2) is 0 Å². The Kier molecular flexibility index (Phi) is 10.4. The van der Waals surface area contributed by atoms with Crippen LogP contribution in [0.3, 0.4) is 0 Å². The van der Waals surface area contributed by atoms with Crippen molar-refractivity contribution in [2.75, 3.05) is 20.2 Å². The Morgan fingerprint density at radius 1 is 1.02 bits per heavy atom. The van der Waals surface area contributed by atoms with Gasteiger partial charge >= 0.3 is 12.1 Å². The Bertz CT molecular complexity index is 1660. The Balaban J connectivity index is 1.26. The zero-order chi connectivity index (χ0) is 34.7. The summed E-state index contributed by atoms with van der Waals surface area (Å²) in [6.45, 7) is 3.90. The average Bonchev–Trinajstić information content (AvgIpc) is 3.63. The van der Waals surface area contributed by atoms with E-state index in [1.165, 1.54) is 79.2 Å². The van der Waals surface area contributed by atoms with Crippen molar-refractivity contribution in [1.82, 2.24) is 9.80 Å². The van der Waals surface area contributed by atoms with Crippen molar-refractivity contribution in [3.8, 4) is 0 Å². The van der Waals surface area contributed by atoms with E-state index in [0.29, 0.717) is 41.4 Å². The molecule has 0 aromatic heterocycles. The van der Waals surface area contributed by atoms with Crippen LogP contribution < -0.4 is 0 Å². The topological polar surface area (TPSA) is 204 Å². The molecule has 1 N–H and O–H groups in total. The third-order valence-electron chi connectivity index (χ3n) is 8.37. The number of likely N-dealkylation sites (tertiary alicyclic amines) is 1. The van der Waals surface area contributed by atoms with Crippen LogP contribution in [0.4, 0.5) is 16.2 Å². The minimum absolute atomic E-state index is 0.0410. The lowest BCUT2D eigenvalue weighted by Gasteiger charge is -2.46. The first-order chi connectivity index (χ1) is 22.9. The number of benzene rings is 2. The van der Waals surface area contributed by atoms with Crippen LogP contribution in [0.5, 0.6) is 0 Å². The fourth-order valence-corrected chi connectivity index (χ4v) is 7.41. The first kappa shape index (κ1) is 34.5. The number of nitrogens with zero attached hydrogens (tertiary/aromatic N) is 5. The van der Waals surface area contributed by atoms with Crippen molar-refractivity contribution >= 4 is 46.9 Å². The van der Waals surface area contributed by atoms with E-state index in [9.17, 15) is 39.7 Å². The zero-order valence-electron chi connectivity index (χ0n) is 26.2. The van der Waals surface area contributed by atoms with E-state index >= 15 is 0 Å². The Morgan fingerprint density at radius 2 is 1.58 bits per heavy atom. The summed E-state index contributed by atoms with van der Waals surface area (Å²) < 4.78 is 16.6. The maximum Gasteiger partial charge on any atom is 0.435 e. The molecular weight excluding hydrogens is 650 g/mol. The van der Waals surface area contributed by atoms with Gasteiger partial charge in [0.1, 0.15) is 30.9 Å². The average molecular weight is 684 g/mol. The fourth-order valence-electron chi connectivity index (χ4n) is 5.91. The van der Waals surface area contributed by atoms with Crippen LogP contribution >= 0.6 is 11.8 Å². The molecule has 2 amide bonds. The van der Waals surface area contributed by atoms with Crippen LogP contribution in [-0.4, -0.2) is 92.3 Å². The van der Waals surface area contributed by atoms with E-state index in [1.807, 2.05) is 4.90 Å². The second-order valence-corrected chi connectivity index (χ2v) is 12.8. The van der Waals surface area contributed by atoms with Crippen LogP contribution in [-0.2, 0) is 37.0 Å². The molecule has 2 aromatic carbocycles. The molecule has 2 fully saturated rings. The van der Waals surface area contributed by atoms with Crippen LogP contribution in [0, 0.1) is 26.1 Å². The van der Waals surface area contributed by atoms with Crippen LogP contribution in [0.1, 0.15) is 31.4 Å². The minimum Gasteiger partial charge on any atom is -0.456 e. The van der Waals surface area contributed by atoms with Gasteiger partial charge < -0.3 is 24.2 Å². The highest BCUT2D eigenvalue weighted by molar-refractivity contribution is 8.03. The summed E-state index contributed by atoms with van der Waals surface area (Å²) >= 11 is 1.37.